The van der Waals surface area contributed by atoms with Crippen LogP contribution in [-0.4, -0.2) is 7.11 Å². The van der Waals surface area contributed by atoms with Crippen molar-refractivity contribution in [3.8, 4) is 16.9 Å². The van der Waals surface area contributed by atoms with Crippen molar-refractivity contribution < 1.29 is 13.5 Å². The van der Waals surface area contributed by atoms with Crippen molar-refractivity contribution in [2.75, 3.05) is 7.11 Å². The summed E-state index contributed by atoms with van der Waals surface area (Å²) in [6.45, 7) is 0.235. The number of benzene rings is 1. The summed E-state index contributed by atoms with van der Waals surface area (Å²) in [5, 5.41) is 0. The lowest BCUT2D eigenvalue weighted by Crippen LogP contribution is -1.97. The number of hydrogen-bond acceptors (Lipinski definition) is 3. The number of rotatable bonds is 3. The first kappa shape index (κ1) is 10.7. The highest BCUT2D eigenvalue weighted by atomic mass is 19.1. The molecule has 3 nitrogen and oxygen atoms in total. The van der Waals surface area contributed by atoms with Crippen molar-refractivity contribution in [2.24, 2.45) is 5.73 Å². The van der Waals surface area contributed by atoms with E-state index in [1.54, 1.807) is 24.3 Å². The predicted octanol–water partition coefficient (Wildman–Crippen LogP) is 2.55. The summed E-state index contributed by atoms with van der Waals surface area (Å²) < 4.78 is 24.0. The van der Waals surface area contributed by atoms with Crippen molar-refractivity contribution >= 4 is 0 Å². The zero-order valence-corrected chi connectivity index (χ0v) is 8.87. The maximum absolute atomic E-state index is 13.9. The van der Waals surface area contributed by atoms with Gasteiger partial charge in [0, 0.05) is 11.1 Å². The molecule has 0 unspecified atom stereocenters. The largest absolute Gasteiger partial charge is 0.494 e. The Morgan fingerprint density at radius 2 is 2.12 bits per heavy atom. The van der Waals surface area contributed by atoms with E-state index in [0.717, 1.165) is 0 Å². The topological polar surface area (TPSA) is 48.4 Å². The minimum atomic E-state index is -0.402. The molecule has 16 heavy (non-hydrogen) atoms. The van der Waals surface area contributed by atoms with Gasteiger partial charge in [-0.05, 0) is 12.1 Å². The Labute approximate surface area is 92.6 Å². The molecule has 1 heterocycles. The maximum Gasteiger partial charge on any atom is 0.172 e. The van der Waals surface area contributed by atoms with Crippen LogP contribution in [0.1, 0.15) is 5.76 Å². The minimum Gasteiger partial charge on any atom is -0.494 e. The molecule has 2 aromatic rings. The van der Waals surface area contributed by atoms with E-state index in [4.69, 9.17) is 14.9 Å². The van der Waals surface area contributed by atoms with E-state index in [1.165, 1.54) is 13.4 Å². The highest BCUT2D eigenvalue weighted by Crippen LogP contribution is 2.31. The van der Waals surface area contributed by atoms with Crippen LogP contribution in [0.5, 0.6) is 5.75 Å². The molecule has 1 aromatic carbocycles. The van der Waals surface area contributed by atoms with Gasteiger partial charge >= 0.3 is 0 Å². The molecule has 0 saturated carbocycles. The SMILES string of the molecule is COc1cccc(-c2ccoc2CN)c1F. The molecule has 0 aliphatic carbocycles. The summed E-state index contributed by atoms with van der Waals surface area (Å²) in [5.41, 5.74) is 6.61. The van der Waals surface area contributed by atoms with E-state index in [2.05, 4.69) is 0 Å². The van der Waals surface area contributed by atoms with Crippen LogP contribution in [0.2, 0.25) is 0 Å². The third-order valence-electron chi connectivity index (χ3n) is 2.40. The van der Waals surface area contributed by atoms with Gasteiger partial charge in [0.15, 0.2) is 11.6 Å². The Morgan fingerprint density at radius 3 is 2.81 bits per heavy atom. The van der Waals surface area contributed by atoms with Crippen molar-refractivity contribution in [1.29, 1.82) is 0 Å². The van der Waals surface area contributed by atoms with Gasteiger partial charge in [0.05, 0.1) is 19.9 Å². The van der Waals surface area contributed by atoms with Crippen molar-refractivity contribution in [2.45, 2.75) is 6.54 Å². The van der Waals surface area contributed by atoms with Gasteiger partial charge in [-0.15, -0.1) is 0 Å². The molecular formula is C12H12FNO2. The molecule has 0 amide bonds. The molecule has 2 N–H and O–H groups in total. The Bertz CT molecular complexity index is 494. The highest BCUT2D eigenvalue weighted by molar-refractivity contribution is 5.67. The number of methoxy groups -OCH3 is 1. The van der Waals surface area contributed by atoms with Gasteiger partial charge in [-0.2, -0.15) is 0 Å². The zero-order chi connectivity index (χ0) is 11.5. The van der Waals surface area contributed by atoms with Gasteiger partial charge in [-0.25, -0.2) is 4.39 Å². The lowest BCUT2D eigenvalue weighted by atomic mass is 10.1. The van der Waals surface area contributed by atoms with Crippen LogP contribution in [-0.2, 0) is 6.54 Å². The number of halogens is 1. The first-order chi connectivity index (χ1) is 7.77. The Hall–Kier alpha value is -1.81. The molecule has 84 valence electrons. The number of ether oxygens (including phenoxy) is 1. The zero-order valence-electron chi connectivity index (χ0n) is 8.87. The summed E-state index contributed by atoms with van der Waals surface area (Å²) >= 11 is 0. The van der Waals surface area contributed by atoms with Crippen LogP contribution in [0.4, 0.5) is 4.39 Å². The molecule has 4 heteroatoms. The number of nitrogens with two attached hydrogens (primary N) is 1. The Balaban J connectivity index is 2.56. The lowest BCUT2D eigenvalue weighted by Gasteiger charge is -2.06. The predicted molar refractivity (Wildman–Crippen MR) is 58.5 cm³/mol. The second-order valence-corrected chi connectivity index (χ2v) is 3.28. The second-order valence-electron chi connectivity index (χ2n) is 3.28. The fourth-order valence-corrected chi connectivity index (χ4v) is 1.62. The van der Waals surface area contributed by atoms with Crippen molar-refractivity contribution in [3.63, 3.8) is 0 Å². The Morgan fingerprint density at radius 1 is 1.31 bits per heavy atom. The van der Waals surface area contributed by atoms with Crippen LogP contribution in [0.25, 0.3) is 11.1 Å². The first-order valence-corrected chi connectivity index (χ1v) is 4.87. The van der Waals surface area contributed by atoms with E-state index in [-0.39, 0.29) is 12.3 Å². The molecule has 1 aromatic heterocycles. The average molecular weight is 221 g/mol. The number of hydrogen-bond donors (Lipinski definition) is 1. The molecule has 0 aliphatic rings. The van der Waals surface area contributed by atoms with E-state index < -0.39 is 5.82 Å². The molecular weight excluding hydrogens is 209 g/mol. The van der Waals surface area contributed by atoms with Gasteiger partial charge in [-0.3, -0.25) is 0 Å². The summed E-state index contributed by atoms with van der Waals surface area (Å²) in [6.07, 6.45) is 1.50. The second kappa shape index (κ2) is 4.37. The summed E-state index contributed by atoms with van der Waals surface area (Å²) in [4.78, 5) is 0. The monoisotopic (exact) mass is 221 g/mol. The molecule has 0 fully saturated rings. The van der Waals surface area contributed by atoms with E-state index in [1.807, 2.05) is 0 Å². The van der Waals surface area contributed by atoms with Gasteiger partial charge in [-0.1, -0.05) is 12.1 Å². The Kier molecular flexibility index (Phi) is 2.92. The van der Waals surface area contributed by atoms with Gasteiger partial charge in [0.1, 0.15) is 5.76 Å². The minimum absolute atomic E-state index is 0.210. The molecule has 2 rings (SSSR count). The average Bonchev–Trinajstić information content (AvgIpc) is 2.77. The van der Waals surface area contributed by atoms with Crippen LogP contribution < -0.4 is 10.5 Å². The van der Waals surface area contributed by atoms with Crippen LogP contribution in [0, 0.1) is 5.82 Å². The molecule has 0 atom stereocenters. The van der Waals surface area contributed by atoms with E-state index in [9.17, 15) is 4.39 Å². The fraction of sp³-hybridized carbons (Fsp3) is 0.167. The molecule has 0 radical (unpaired) electrons. The molecule has 0 spiro atoms. The summed E-state index contributed by atoms with van der Waals surface area (Å²) in [6, 6.07) is 6.66. The highest BCUT2D eigenvalue weighted by Gasteiger charge is 2.14. The normalized spacial score (nSPS) is 10.4. The molecule has 0 aliphatic heterocycles. The lowest BCUT2D eigenvalue weighted by molar-refractivity contribution is 0.387. The van der Waals surface area contributed by atoms with Gasteiger partial charge < -0.3 is 14.9 Å². The van der Waals surface area contributed by atoms with Crippen LogP contribution in [0.3, 0.4) is 0 Å². The third-order valence-corrected chi connectivity index (χ3v) is 2.40. The smallest absolute Gasteiger partial charge is 0.172 e. The molecule has 0 bridgehead atoms. The standard InChI is InChI=1S/C12H12FNO2/c1-15-10-4-2-3-9(12(10)13)8-5-6-16-11(8)7-14/h2-6H,7,14H2,1H3. The third kappa shape index (κ3) is 1.67. The maximum atomic E-state index is 13.9. The first-order valence-electron chi connectivity index (χ1n) is 4.87. The van der Waals surface area contributed by atoms with Crippen LogP contribution in [0.15, 0.2) is 34.9 Å². The summed E-state index contributed by atoms with van der Waals surface area (Å²) in [7, 11) is 1.43. The van der Waals surface area contributed by atoms with E-state index >= 15 is 0 Å². The molecule has 0 saturated heterocycles. The van der Waals surface area contributed by atoms with Crippen molar-refractivity contribution in [3.05, 3.63) is 42.1 Å². The number of furan rings is 1. The van der Waals surface area contributed by atoms with Gasteiger partial charge in [0.25, 0.3) is 0 Å². The van der Waals surface area contributed by atoms with Crippen molar-refractivity contribution in [1.82, 2.24) is 0 Å². The van der Waals surface area contributed by atoms with Crippen LogP contribution >= 0.6 is 0 Å². The van der Waals surface area contributed by atoms with Gasteiger partial charge in [0.2, 0.25) is 0 Å². The quantitative estimate of drug-likeness (QED) is 0.866. The summed E-state index contributed by atoms with van der Waals surface area (Å²) in [5.74, 6) is 0.370. The van der Waals surface area contributed by atoms with E-state index in [0.29, 0.717) is 16.9 Å². The fourth-order valence-electron chi connectivity index (χ4n) is 1.62.